The quantitative estimate of drug-likeness (QED) is 0.885. The summed E-state index contributed by atoms with van der Waals surface area (Å²) in [5.74, 6) is 0.804. The molecular formula is C20H24N4O2. The summed E-state index contributed by atoms with van der Waals surface area (Å²) in [7, 11) is 0. The van der Waals surface area contributed by atoms with E-state index in [4.69, 9.17) is 4.74 Å². The Kier molecular flexibility index (Phi) is 5.13. The van der Waals surface area contributed by atoms with E-state index in [1.165, 1.54) is 12.8 Å². The molecular weight excluding hydrogens is 328 g/mol. The van der Waals surface area contributed by atoms with Gasteiger partial charge in [-0.15, -0.1) is 0 Å². The lowest BCUT2D eigenvalue weighted by atomic mass is 10.1. The van der Waals surface area contributed by atoms with E-state index in [0.29, 0.717) is 5.56 Å². The molecule has 2 aliphatic rings. The van der Waals surface area contributed by atoms with Crippen molar-refractivity contribution in [2.75, 3.05) is 43.0 Å². The average Bonchev–Trinajstić information content (AvgIpc) is 3.24. The summed E-state index contributed by atoms with van der Waals surface area (Å²) in [5.41, 5.74) is 2.45. The maximum Gasteiger partial charge on any atom is 0.257 e. The SMILES string of the molecule is O=C(Nc1ccc([C@@H]2CNCCO2)cc1)c1ccc(N2CCCC2)nc1. The van der Waals surface area contributed by atoms with Crippen LogP contribution in [0, 0.1) is 0 Å². The van der Waals surface area contributed by atoms with Gasteiger partial charge in [-0.05, 0) is 42.7 Å². The minimum atomic E-state index is -0.145. The van der Waals surface area contributed by atoms with Gasteiger partial charge in [0.15, 0.2) is 0 Å². The van der Waals surface area contributed by atoms with Crippen LogP contribution in [0.1, 0.15) is 34.9 Å². The van der Waals surface area contributed by atoms with Crippen molar-refractivity contribution in [1.82, 2.24) is 10.3 Å². The lowest BCUT2D eigenvalue weighted by molar-refractivity contribution is 0.0277. The monoisotopic (exact) mass is 352 g/mol. The molecule has 26 heavy (non-hydrogen) atoms. The van der Waals surface area contributed by atoms with Crippen molar-refractivity contribution in [3.05, 3.63) is 53.7 Å². The fourth-order valence-corrected chi connectivity index (χ4v) is 3.42. The summed E-state index contributed by atoms with van der Waals surface area (Å²) in [6.07, 6.45) is 4.15. The van der Waals surface area contributed by atoms with E-state index in [0.717, 1.165) is 49.9 Å². The van der Waals surface area contributed by atoms with Crippen LogP contribution >= 0.6 is 0 Å². The molecule has 1 aromatic carbocycles. The van der Waals surface area contributed by atoms with Crippen LogP contribution in [0.2, 0.25) is 0 Å². The zero-order valence-corrected chi connectivity index (χ0v) is 14.8. The molecule has 2 fully saturated rings. The molecule has 1 aromatic heterocycles. The summed E-state index contributed by atoms with van der Waals surface area (Å²) in [6.45, 7) is 4.54. The van der Waals surface area contributed by atoms with Crippen molar-refractivity contribution in [3.63, 3.8) is 0 Å². The Morgan fingerprint density at radius 1 is 1.15 bits per heavy atom. The van der Waals surface area contributed by atoms with Gasteiger partial charge in [0.1, 0.15) is 5.82 Å². The molecule has 6 heteroatoms. The number of rotatable bonds is 4. The number of ether oxygens (including phenoxy) is 1. The van der Waals surface area contributed by atoms with Gasteiger partial charge in [-0.3, -0.25) is 4.79 Å². The first kappa shape index (κ1) is 17.0. The van der Waals surface area contributed by atoms with E-state index >= 15 is 0 Å². The van der Waals surface area contributed by atoms with Crippen molar-refractivity contribution in [1.29, 1.82) is 0 Å². The van der Waals surface area contributed by atoms with E-state index in [1.807, 2.05) is 36.4 Å². The van der Waals surface area contributed by atoms with Gasteiger partial charge < -0.3 is 20.3 Å². The third-order valence-electron chi connectivity index (χ3n) is 4.91. The van der Waals surface area contributed by atoms with Crippen molar-refractivity contribution < 1.29 is 9.53 Å². The van der Waals surface area contributed by atoms with Crippen LogP contribution in [-0.4, -0.2) is 43.7 Å². The number of anilines is 2. The predicted octanol–water partition coefficient (Wildman–Crippen LogP) is 2.60. The predicted molar refractivity (Wildman–Crippen MR) is 102 cm³/mol. The number of pyridine rings is 1. The third kappa shape index (κ3) is 3.86. The highest BCUT2D eigenvalue weighted by Crippen LogP contribution is 2.21. The lowest BCUT2D eigenvalue weighted by Gasteiger charge is -2.24. The molecule has 4 rings (SSSR count). The van der Waals surface area contributed by atoms with Gasteiger partial charge in [0, 0.05) is 38.1 Å². The number of benzene rings is 1. The number of hydrogen-bond acceptors (Lipinski definition) is 5. The van der Waals surface area contributed by atoms with Crippen molar-refractivity contribution in [2.45, 2.75) is 18.9 Å². The van der Waals surface area contributed by atoms with Crippen LogP contribution < -0.4 is 15.5 Å². The van der Waals surface area contributed by atoms with E-state index in [2.05, 4.69) is 20.5 Å². The molecule has 0 saturated carbocycles. The Balaban J connectivity index is 1.37. The van der Waals surface area contributed by atoms with E-state index in [1.54, 1.807) is 6.20 Å². The van der Waals surface area contributed by atoms with E-state index < -0.39 is 0 Å². The van der Waals surface area contributed by atoms with Crippen LogP contribution in [0.3, 0.4) is 0 Å². The molecule has 1 amide bonds. The standard InChI is InChI=1S/C20H24N4O2/c25-20(16-5-8-19(22-13-16)24-10-1-2-11-24)23-17-6-3-15(4-7-17)18-14-21-9-12-26-18/h3-8,13,18,21H,1-2,9-12,14H2,(H,23,25)/t18-/m0/s1. The van der Waals surface area contributed by atoms with Gasteiger partial charge in [-0.2, -0.15) is 0 Å². The fraction of sp³-hybridized carbons (Fsp3) is 0.400. The van der Waals surface area contributed by atoms with E-state index in [9.17, 15) is 4.79 Å². The van der Waals surface area contributed by atoms with Gasteiger partial charge in [-0.1, -0.05) is 12.1 Å². The highest BCUT2D eigenvalue weighted by Gasteiger charge is 2.16. The maximum absolute atomic E-state index is 12.4. The molecule has 6 nitrogen and oxygen atoms in total. The van der Waals surface area contributed by atoms with Crippen LogP contribution in [0.15, 0.2) is 42.6 Å². The fourth-order valence-electron chi connectivity index (χ4n) is 3.42. The Morgan fingerprint density at radius 2 is 1.96 bits per heavy atom. The number of nitrogens with zero attached hydrogens (tertiary/aromatic N) is 2. The number of nitrogens with one attached hydrogen (secondary N) is 2. The van der Waals surface area contributed by atoms with Crippen molar-refractivity contribution >= 4 is 17.4 Å². The molecule has 0 spiro atoms. The summed E-state index contributed by atoms with van der Waals surface area (Å²) in [5, 5.41) is 6.25. The van der Waals surface area contributed by atoms with Gasteiger partial charge in [0.2, 0.25) is 0 Å². The first-order chi connectivity index (χ1) is 12.8. The topological polar surface area (TPSA) is 66.5 Å². The molecule has 0 radical (unpaired) electrons. The first-order valence-electron chi connectivity index (χ1n) is 9.24. The highest BCUT2D eigenvalue weighted by atomic mass is 16.5. The smallest absolute Gasteiger partial charge is 0.257 e. The van der Waals surface area contributed by atoms with Gasteiger partial charge in [-0.25, -0.2) is 4.98 Å². The van der Waals surface area contributed by atoms with Crippen molar-refractivity contribution in [2.24, 2.45) is 0 Å². The van der Waals surface area contributed by atoms with Crippen LogP contribution in [-0.2, 0) is 4.74 Å². The number of aromatic nitrogens is 1. The molecule has 0 bridgehead atoms. The number of morpholine rings is 1. The van der Waals surface area contributed by atoms with Gasteiger partial charge >= 0.3 is 0 Å². The second-order valence-electron chi connectivity index (χ2n) is 6.74. The zero-order valence-electron chi connectivity index (χ0n) is 14.8. The second kappa shape index (κ2) is 7.85. The minimum absolute atomic E-state index is 0.0795. The normalized spacial score (nSPS) is 20.2. The molecule has 0 unspecified atom stereocenters. The van der Waals surface area contributed by atoms with E-state index in [-0.39, 0.29) is 12.0 Å². The Labute approximate surface area is 153 Å². The van der Waals surface area contributed by atoms with Crippen molar-refractivity contribution in [3.8, 4) is 0 Å². The Hall–Kier alpha value is -2.44. The number of carbonyl (C=O) groups excluding carboxylic acids is 1. The number of amides is 1. The van der Waals surface area contributed by atoms with Gasteiger partial charge in [0.25, 0.3) is 5.91 Å². The first-order valence-corrected chi connectivity index (χ1v) is 9.24. The number of carbonyl (C=O) groups is 1. The molecule has 2 N–H and O–H groups in total. The second-order valence-corrected chi connectivity index (χ2v) is 6.74. The summed E-state index contributed by atoms with van der Waals surface area (Å²) in [4.78, 5) is 19.1. The molecule has 2 aliphatic heterocycles. The van der Waals surface area contributed by atoms with Gasteiger partial charge in [0.05, 0.1) is 18.3 Å². The molecule has 2 aromatic rings. The summed E-state index contributed by atoms with van der Waals surface area (Å²) in [6, 6.07) is 11.6. The Morgan fingerprint density at radius 3 is 2.62 bits per heavy atom. The third-order valence-corrected chi connectivity index (χ3v) is 4.91. The molecule has 2 saturated heterocycles. The Bertz CT molecular complexity index is 733. The lowest BCUT2D eigenvalue weighted by Crippen LogP contribution is -2.33. The minimum Gasteiger partial charge on any atom is -0.371 e. The van der Waals surface area contributed by atoms with Crippen LogP contribution in [0.5, 0.6) is 0 Å². The zero-order chi connectivity index (χ0) is 17.8. The number of hydrogen-bond donors (Lipinski definition) is 2. The molecule has 1 atom stereocenters. The molecule has 3 heterocycles. The van der Waals surface area contributed by atoms with Crippen LogP contribution in [0.25, 0.3) is 0 Å². The average molecular weight is 352 g/mol. The highest BCUT2D eigenvalue weighted by molar-refractivity contribution is 6.04. The van der Waals surface area contributed by atoms with Crippen LogP contribution in [0.4, 0.5) is 11.5 Å². The molecule has 136 valence electrons. The largest absolute Gasteiger partial charge is 0.371 e. The summed E-state index contributed by atoms with van der Waals surface area (Å²) >= 11 is 0. The molecule has 0 aliphatic carbocycles. The summed E-state index contributed by atoms with van der Waals surface area (Å²) < 4.78 is 5.75. The maximum atomic E-state index is 12.4.